The summed E-state index contributed by atoms with van der Waals surface area (Å²) in [6, 6.07) is 0. The molecule has 0 aromatic carbocycles. The summed E-state index contributed by atoms with van der Waals surface area (Å²) in [6.45, 7) is -1.83. The summed E-state index contributed by atoms with van der Waals surface area (Å²) in [5, 5.41) is 57.8. The van der Waals surface area contributed by atoms with Crippen LogP contribution in [0.1, 0.15) is 0 Å². The first-order chi connectivity index (χ1) is 10.4. The third-order valence-corrected chi connectivity index (χ3v) is 4.41. The second-order valence-corrected chi connectivity index (χ2v) is 5.75. The lowest BCUT2D eigenvalue weighted by molar-refractivity contribution is -0.401. The Labute approximate surface area is 125 Å². The summed E-state index contributed by atoms with van der Waals surface area (Å²) in [6.07, 6.45) is -7.69. The zero-order valence-electron chi connectivity index (χ0n) is 11.6. The second kappa shape index (κ2) is 5.60. The summed E-state index contributed by atoms with van der Waals surface area (Å²) < 4.78 is 21.6. The number of rotatable bonds is 2. The lowest BCUT2D eigenvalue weighted by Gasteiger charge is -2.44. The molecule has 0 aromatic heterocycles. The SMILES string of the molecule is OC[C@H]1OC2(COC3(CO2)O[C@H](CO)[C@@H](O)[C@@H]3O)[C@@H](O)[C@@H]1O. The predicted molar refractivity (Wildman–Crippen MR) is 65.3 cm³/mol. The number of ether oxygens (including phenoxy) is 4. The highest BCUT2D eigenvalue weighted by Crippen LogP contribution is 2.42. The van der Waals surface area contributed by atoms with Crippen LogP contribution in [0.4, 0.5) is 0 Å². The van der Waals surface area contributed by atoms with Gasteiger partial charge in [-0.15, -0.1) is 0 Å². The summed E-state index contributed by atoms with van der Waals surface area (Å²) in [4.78, 5) is 0. The molecule has 10 heteroatoms. The first-order valence-electron chi connectivity index (χ1n) is 6.96. The quantitative estimate of drug-likeness (QED) is 0.293. The van der Waals surface area contributed by atoms with Crippen molar-refractivity contribution in [1.82, 2.24) is 0 Å². The third-order valence-electron chi connectivity index (χ3n) is 4.41. The molecule has 0 amide bonds. The molecule has 3 fully saturated rings. The van der Waals surface area contributed by atoms with E-state index in [1.54, 1.807) is 0 Å². The van der Waals surface area contributed by atoms with Crippen LogP contribution in [0.15, 0.2) is 0 Å². The highest BCUT2D eigenvalue weighted by Gasteiger charge is 2.64. The first kappa shape index (κ1) is 16.5. The van der Waals surface area contributed by atoms with E-state index >= 15 is 0 Å². The van der Waals surface area contributed by atoms with Gasteiger partial charge in [0, 0.05) is 0 Å². The second-order valence-electron chi connectivity index (χ2n) is 5.75. The predicted octanol–water partition coefficient (Wildman–Crippen LogP) is -4.35. The minimum absolute atomic E-state index is 0.399. The fourth-order valence-electron chi connectivity index (χ4n) is 3.02. The van der Waals surface area contributed by atoms with Crippen molar-refractivity contribution in [3.05, 3.63) is 0 Å². The van der Waals surface area contributed by atoms with Gasteiger partial charge in [0.1, 0.15) is 49.8 Å². The van der Waals surface area contributed by atoms with E-state index < -0.39 is 74.6 Å². The van der Waals surface area contributed by atoms with Crippen LogP contribution in [0.3, 0.4) is 0 Å². The average molecular weight is 324 g/mol. The van der Waals surface area contributed by atoms with Crippen molar-refractivity contribution >= 4 is 0 Å². The molecule has 128 valence electrons. The molecule has 0 saturated carbocycles. The monoisotopic (exact) mass is 324 g/mol. The van der Waals surface area contributed by atoms with Crippen LogP contribution in [0.25, 0.3) is 0 Å². The van der Waals surface area contributed by atoms with E-state index in [1.807, 2.05) is 0 Å². The Bertz CT molecular complexity index is 371. The summed E-state index contributed by atoms with van der Waals surface area (Å²) in [7, 11) is 0. The van der Waals surface area contributed by atoms with E-state index in [0.717, 1.165) is 0 Å². The maximum absolute atomic E-state index is 10.0. The fraction of sp³-hybridized carbons (Fsp3) is 1.00. The normalized spacial score (nSPS) is 55.4. The van der Waals surface area contributed by atoms with Gasteiger partial charge in [0.15, 0.2) is 0 Å². The van der Waals surface area contributed by atoms with Gasteiger partial charge in [0.25, 0.3) is 0 Å². The Balaban J connectivity index is 1.73. The Morgan fingerprint density at radius 1 is 0.727 bits per heavy atom. The number of hydrogen-bond acceptors (Lipinski definition) is 10. The van der Waals surface area contributed by atoms with Gasteiger partial charge < -0.3 is 49.6 Å². The van der Waals surface area contributed by atoms with Crippen LogP contribution < -0.4 is 0 Å². The van der Waals surface area contributed by atoms with Crippen LogP contribution in [-0.4, -0.2) is 105 Å². The van der Waals surface area contributed by atoms with Gasteiger partial charge in [-0.05, 0) is 0 Å². The van der Waals surface area contributed by atoms with Gasteiger partial charge in [-0.3, -0.25) is 0 Å². The number of aliphatic hydroxyl groups excluding tert-OH is 6. The van der Waals surface area contributed by atoms with E-state index in [9.17, 15) is 20.4 Å². The number of hydrogen-bond donors (Lipinski definition) is 6. The molecule has 2 unspecified atom stereocenters. The molecular weight excluding hydrogens is 304 g/mol. The maximum Gasteiger partial charge on any atom is 0.222 e. The summed E-state index contributed by atoms with van der Waals surface area (Å²) in [5.41, 5.74) is 0. The molecule has 3 saturated heterocycles. The molecule has 3 aliphatic rings. The molecule has 2 spiro atoms. The summed E-state index contributed by atoms with van der Waals surface area (Å²) >= 11 is 0. The fourth-order valence-corrected chi connectivity index (χ4v) is 3.02. The first-order valence-corrected chi connectivity index (χ1v) is 6.96. The molecule has 3 rings (SSSR count). The van der Waals surface area contributed by atoms with Gasteiger partial charge in [-0.25, -0.2) is 0 Å². The Morgan fingerprint density at radius 2 is 1.09 bits per heavy atom. The third kappa shape index (κ3) is 2.19. The zero-order valence-corrected chi connectivity index (χ0v) is 11.6. The van der Waals surface area contributed by atoms with Crippen molar-refractivity contribution in [3.8, 4) is 0 Å². The maximum atomic E-state index is 10.0. The molecule has 0 bridgehead atoms. The van der Waals surface area contributed by atoms with E-state index in [1.165, 1.54) is 0 Å². The largest absolute Gasteiger partial charge is 0.394 e. The zero-order chi connectivity index (χ0) is 16.1. The Hall–Kier alpha value is -0.400. The van der Waals surface area contributed by atoms with Crippen LogP contribution >= 0.6 is 0 Å². The standard InChI is InChI=1S/C12H20O10/c13-1-5-7(15)9(17)11(21-5)3-20-12(4-19-11)10(18)8(16)6(2-14)22-12/h5-10,13-18H,1-4H2/t5-,6-,7-,8-,9+,10+,11?,12?/m1/s1. The molecule has 10 nitrogen and oxygen atoms in total. The average Bonchev–Trinajstić information content (AvgIpc) is 2.91. The van der Waals surface area contributed by atoms with Crippen LogP contribution in [0, 0.1) is 0 Å². The Kier molecular flexibility index (Phi) is 4.19. The smallest absolute Gasteiger partial charge is 0.222 e. The van der Waals surface area contributed by atoms with E-state index in [2.05, 4.69) is 0 Å². The van der Waals surface area contributed by atoms with Crippen molar-refractivity contribution in [2.75, 3.05) is 26.4 Å². The van der Waals surface area contributed by atoms with Crippen LogP contribution in [0.5, 0.6) is 0 Å². The number of aliphatic hydroxyl groups is 6. The molecule has 6 N–H and O–H groups in total. The topological polar surface area (TPSA) is 158 Å². The van der Waals surface area contributed by atoms with Gasteiger partial charge >= 0.3 is 0 Å². The molecule has 3 aliphatic heterocycles. The molecule has 0 aromatic rings. The molecular formula is C12H20O10. The molecule has 0 radical (unpaired) electrons. The van der Waals surface area contributed by atoms with Gasteiger partial charge in [-0.1, -0.05) is 0 Å². The van der Waals surface area contributed by atoms with E-state index in [4.69, 9.17) is 29.2 Å². The van der Waals surface area contributed by atoms with Crippen LogP contribution in [-0.2, 0) is 18.9 Å². The minimum Gasteiger partial charge on any atom is -0.394 e. The highest BCUT2D eigenvalue weighted by molar-refractivity contribution is 5.03. The minimum atomic E-state index is -1.69. The van der Waals surface area contributed by atoms with E-state index in [-0.39, 0.29) is 0 Å². The van der Waals surface area contributed by atoms with Crippen LogP contribution in [0.2, 0.25) is 0 Å². The highest BCUT2D eigenvalue weighted by atomic mass is 16.8. The van der Waals surface area contributed by atoms with Crippen molar-refractivity contribution in [3.63, 3.8) is 0 Å². The van der Waals surface area contributed by atoms with Crippen molar-refractivity contribution in [2.24, 2.45) is 0 Å². The molecule has 8 atom stereocenters. The summed E-state index contributed by atoms with van der Waals surface area (Å²) in [5.74, 6) is -3.38. The molecule has 0 aliphatic carbocycles. The van der Waals surface area contributed by atoms with Crippen molar-refractivity contribution < 1.29 is 49.6 Å². The van der Waals surface area contributed by atoms with Gasteiger partial charge in [-0.2, -0.15) is 0 Å². The molecule has 22 heavy (non-hydrogen) atoms. The molecule has 3 heterocycles. The van der Waals surface area contributed by atoms with E-state index in [0.29, 0.717) is 0 Å². The lowest BCUT2D eigenvalue weighted by Crippen LogP contribution is -2.62. The Morgan fingerprint density at radius 3 is 1.32 bits per heavy atom. The van der Waals surface area contributed by atoms with Crippen molar-refractivity contribution in [1.29, 1.82) is 0 Å². The van der Waals surface area contributed by atoms with Gasteiger partial charge in [0.2, 0.25) is 11.6 Å². The van der Waals surface area contributed by atoms with Crippen molar-refractivity contribution in [2.45, 2.75) is 48.2 Å². The van der Waals surface area contributed by atoms with Gasteiger partial charge in [0.05, 0.1) is 13.2 Å². The lowest BCUT2D eigenvalue weighted by atomic mass is 10.0.